The minimum Gasteiger partial charge on any atom is -0.493 e. The van der Waals surface area contributed by atoms with E-state index in [1.54, 1.807) is 37.4 Å². The Hall–Kier alpha value is -4.56. The highest BCUT2D eigenvalue weighted by Crippen LogP contribution is 2.33. The number of carbonyl (C=O) groups excluding carboxylic acids is 4. The van der Waals surface area contributed by atoms with Crippen molar-refractivity contribution in [3.8, 4) is 17.2 Å². The SMILES string of the molecule is Cc1ccc(N(C)C(=O)c2ccc(NC(=O)c3ccccc3OCCCN)c(OCC(N)=O)c2)c(OCCCCCC(=O)N2CCN(C)CC2)c1.Cl.Cl. The van der Waals surface area contributed by atoms with Gasteiger partial charge in [0, 0.05) is 45.2 Å². The van der Waals surface area contributed by atoms with Crippen molar-refractivity contribution < 1.29 is 33.4 Å². The number of anilines is 2. The first kappa shape index (κ1) is 44.6. The third kappa shape index (κ3) is 13.4. The normalized spacial score (nSPS) is 12.5. The van der Waals surface area contributed by atoms with E-state index in [0.29, 0.717) is 55.4 Å². The molecule has 3 aromatic carbocycles. The molecule has 3 aromatic rings. The molecule has 1 fully saturated rings. The number of halogens is 2. The van der Waals surface area contributed by atoms with Gasteiger partial charge in [0.2, 0.25) is 5.91 Å². The van der Waals surface area contributed by atoms with Gasteiger partial charge in [-0.05, 0) is 94.2 Å². The second-order valence-corrected chi connectivity index (χ2v) is 12.6. The fourth-order valence-electron chi connectivity index (χ4n) is 5.53. The average molecular weight is 776 g/mol. The summed E-state index contributed by atoms with van der Waals surface area (Å²) in [4.78, 5) is 56.9. The van der Waals surface area contributed by atoms with Crippen LogP contribution in [0.2, 0.25) is 0 Å². The van der Waals surface area contributed by atoms with Crippen LogP contribution in [-0.4, -0.2) is 100 Å². The van der Waals surface area contributed by atoms with Crippen molar-refractivity contribution in [2.75, 3.05) is 76.9 Å². The molecule has 0 spiro atoms. The van der Waals surface area contributed by atoms with E-state index >= 15 is 0 Å². The molecule has 4 rings (SSSR count). The lowest BCUT2D eigenvalue weighted by Gasteiger charge is -2.32. The first-order chi connectivity index (χ1) is 24.6. The van der Waals surface area contributed by atoms with Crippen molar-refractivity contribution in [3.63, 3.8) is 0 Å². The van der Waals surface area contributed by atoms with Crippen LogP contribution >= 0.6 is 24.8 Å². The van der Waals surface area contributed by atoms with Gasteiger partial charge in [0.25, 0.3) is 17.7 Å². The number of amides is 4. The van der Waals surface area contributed by atoms with Crippen LogP contribution in [0.15, 0.2) is 60.7 Å². The number of primary amides is 1. The van der Waals surface area contributed by atoms with Crippen LogP contribution in [0.25, 0.3) is 0 Å². The smallest absolute Gasteiger partial charge is 0.259 e. The summed E-state index contributed by atoms with van der Waals surface area (Å²) in [6, 6.07) is 17.0. The molecule has 53 heavy (non-hydrogen) atoms. The molecule has 4 amide bonds. The van der Waals surface area contributed by atoms with Crippen LogP contribution in [0.5, 0.6) is 17.2 Å². The van der Waals surface area contributed by atoms with Crippen molar-refractivity contribution in [2.45, 2.75) is 39.0 Å². The summed E-state index contributed by atoms with van der Waals surface area (Å²) in [6.07, 6.45) is 3.56. The Bertz CT molecular complexity index is 1670. The summed E-state index contributed by atoms with van der Waals surface area (Å²) in [5.41, 5.74) is 13.2. The predicted molar refractivity (Wildman–Crippen MR) is 211 cm³/mol. The predicted octanol–water partition coefficient (Wildman–Crippen LogP) is 4.67. The number of unbranched alkanes of at least 4 members (excludes halogenated alkanes) is 2. The molecule has 15 heteroatoms. The molecule has 1 aliphatic rings. The Balaban J connectivity index is 0.00000486. The molecule has 5 N–H and O–H groups in total. The van der Waals surface area contributed by atoms with Crippen molar-refractivity contribution in [3.05, 3.63) is 77.4 Å². The third-order valence-electron chi connectivity index (χ3n) is 8.51. The molecule has 0 unspecified atom stereocenters. The minimum absolute atomic E-state index is 0. The van der Waals surface area contributed by atoms with Crippen LogP contribution in [0.1, 0.15) is 58.4 Å². The lowest BCUT2D eigenvalue weighted by atomic mass is 10.1. The Morgan fingerprint density at radius 1 is 0.811 bits per heavy atom. The molecular weight excluding hydrogens is 723 g/mol. The van der Waals surface area contributed by atoms with Crippen LogP contribution in [0.3, 0.4) is 0 Å². The van der Waals surface area contributed by atoms with E-state index in [0.717, 1.165) is 51.0 Å². The van der Waals surface area contributed by atoms with Crippen LogP contribution in [0, 0.1) is 6.92 Å². The first-order valence-electron chi connectivity index (χ1n) is 17.3. The van der Waals surface area contributed by atoms with Crippen LogP contribution in [0.4, 0.5) is 11.4 Å². The number of hydrogen-bond donors (Lipinski definition) is 3. The van der Waals surface area contributed by atoms with Crippen molar-refractivity contribution >= 4 is 59.8 Å². The first-order valence-corrected chi connectivity index (χ1v) is 17.3. The molecule has 0 bridgehead atoms. The molecule has 0 saturated carbocycles. The monoisotopic (exact) mass is 774 g/mol. The summed E-state index contributed by atoms with van der Waals surface area (Å²) in [5.74, 6) is -0.312. The highest BCUT2D eigenvalue weighted by atomic mass is 35.5. The molecule has 0 radical (unpaired) electrons. The summed E-state index contributed by atoms with van der Waals surface area (Å²) >= 11 is 0. The van der Waals surface area contributed by atoms with E-state index in [1.807, 2.05) is 30.0 Å². The Morgan fingerprint density at radius 2 is 1.51 bits per heavy atom. The van der Waals surface area contributed by atoms with E-state index in [-0.39, 0.29) is 53.6 Å². The number of ether oxygens (including phenoxy) is 3. The van der Waals surface area contributed by atoms with Crippen molar-refractivity contribution in [2.24, 2.45) is 11.5 Å². The van der Waals surface area contributed by atoms with Gasteiger partial charge in [-0.25, -0.2) is 0 Å². The Labute approximate surface area is 324 Å². The number of aryl methyl sites for hydroxylation is 1. The number of nitrogens with two attached hydrogens (primary N) is 2. The van der Waals surface area contributed by atoms with Crippen molar-refractivity contribution in [1.82, 2.24) is 9.80 Å². The van der Waals surface area contributed by atoms with Gasteiger partial charge in [0.15, 0.2) is 6.61 Å². The van der Waals surface area contributed by atoms with Gasteiger partial charge >= 0.3 is 0 Å². The van der Waals surface area contributed by atoms with Gasteiger partial charge < -0.3 is 45.7 Å². The highest BCUT2D eigenvalue weighted by molar-refractivity contribution is 6.09. The number of rotatable bonds is 18. The number of likely N-dealkylation sites (N-methyl/N-ethyl adjacent to an activating group) is 1. The number of carbonyl (C=O) groups is 4. The molecule has 0 aliphatic carbocycles. The summed E-state index contributed by atoms with van der Waals surface area (Å²) in [5, 5.41) is 2.80. The lowest BCUT2D eigenvalue weighted by molar-refractivity contribution is -0.132. The van der Waals surface area contributed by atoms with Gasteiger partial charge in [-0.1, -0.05) is 18.2 Å². The maximum absolute atomic E-state index is 13.8. The Kier molecular flexibility index (Phi) is 18.9. The number of benzene rings is 3. The second-order valence-electron chi connectivity index (χ2n) is 12.6. The van der Waals surface area contributed by atoms with E-state index in [2.05, 4.69) is 17.3 Å². The topological polar surface area (TPSA) is 170 Å². The number of nitrogens with one attached hydrogen (secondary N) is 1. The van der Waals surface area contributed by atoms with E-state index < -0.39 is 18.4 Å². The average Bonchev–Trinajstić information content (AvgIpc) is 3.12. The summed E-state index contributed by atoms with van der Waals surface area (Å²) in [6.45, 7) is 6.10. The molecular formula is C38H52Cl2N6O7. The van der Waals surface area contributed by atoms with Gasteiger partial charge in [0.1, 0.15) is 17.2 Å². The van der Waals surface area contributed by atoms with E-state index in [1.165, 1.54) is 17.0 Å². The largest absolute Gasteiger partial charge is 0.493 e. The zero-order chi connectivity index (χ0) is 36.8. The molecule has 13 nitrogen and oxygen atoms in total. The molecule has 1 saturated heterocycles. The molecule has 0 atom stereocenters. The van der Waals surface area contributed by atoms with Gasteiger partial charge in [-0.15, -0.1) is 24.8 Å². The van der Waals surface area contributed by atoms with E-state index in [9.17, 15) is 19.2 Å². The fourth-order valence-corrected chi connectivity index (χ4v) is 5.53. The number of para-hydroxylation sites is 1. The standard InChI is InChI=1S/C38H50N6O7.2ClH/c1-27-13-16-31(34(24-27)50-22-8-4-5-12-36(46)44-20-18-42(2)19-21-44)43(3)38(48)28-14-15-30(33(25-28)51-26-35(40)45)41-37(47)29-10-6-7-11-32(29)49-23-9-17-39;;/h6-7,10-11,13-16,24-25H,4-5,8-9,12,17-23,26,39H2,1-3H3,(H2,40,45)(H,41,47);2*1H. The van der Waals surface area contributed by atoms with E-state index in [4.69, 9.17) is 25.7 Å². The fraction of sp³-hybridized carbons (Fsp3) is 0.421. The van der Waals surface area contributed by atoms with Gasteiger partial charge in [-0.2, -0.15) is 0 Å². The quantitative estimate of drug-likeness (QED) is 0.156. The zero-order valence-corrected chi connectivity index (χ0v) is 32.3. The zero-order valence-electron chi connectivity index (χ0n) is 30.6. The maximum Gasteiger partial charge on any atom is 0.259 e. The van der Waals surface area contributed by atoms with Gasteiger partial charge in [0.05, 0.1) is 30.2 Å². The molecule has 290 valence electrons. The Morgan fingerprint density at radius 3 is 2.23 bits per heavy atom. The number of piperazine rings is 1. The minimum atomic E-state index is -0.720. The molecule has 1 aliphatic heterocycles. The molecule has 0 aromatic heterocycles. The number of nitrogens with zero attached hydrogens (tertiary/aromatic N) is 3. The van der Waals surface area contributed by atoms with Crippen LogP contribution in [-0.2, 0) is 9.59 Å². The highest BCUT2D eigenvalue weighted by Gasteiger charge is 2.22. The van der Waals surface area contributed by atoms with Crippen molar-refractivity contribution in [1.29, 1.82) is 0 Å². The summed E-state index contributed by atoms with van der Waals surface area (Å²) in [7, 11) is 3.71. The summed E-state index contributed by atoms with van der Waals surface area (Å²) < 4.78 is 17.6. The lowest BCUT2D eigenvalue weighted by Crippen LogP contribution is -2.47. The van der Waals surface area contributed by atoms with Gasteiger partial charge in [-0.3, -0.25) is 19.2 Å². The number of hydrogen-bond acceptors (Lipinski definition) is 9. The molecule has 1 heterocycles. The maximum atomic E-state index is 13.8. The third-order valence-corrected chi connectivity index (χ3v) is 8.51. The van der Waals surface area contributed by atoms with Crippen LogP contribution < -0.4 is 35.9 Å². The second kappa shape index (κ2) is 22.5.